The van der Waals surface area contributed by atoms with E-state index in [1.165, 1.54) is 0 Å². The van der Waals surface area contributed by atoms with E-state index in [1.54, 1.807) is 0 Å². The van der Waals surface area contributed by atoms with Gasteiger partial charge in [0.2, 0.25) is 5.91 Å². The maximum atomic E-state index is 12.1. The number of carboxylic acid groups (broad SMARTS) is 1. The van der Waals surface area contributed by atoms with Crippen molar-refractivity contribution >= 4 is 18.3 Å². The van der Waals surface area contributed by atoms with Crippen LogP contribution in [0.25, 0.3) is 0 Å². The number of rotatable bonds is 3. The molecule has 3 saturated carbocycles. The van der Waals surface area contributed by atoms with Crippen molar-refractivity contribution in [1.82, 2.24) is 5.32 Å². The highest BCUT2D eigenvalue weighted by molar-refractivity contribution is 5.78. The average Bonchev–Trinajstić information content (AvgIpc) is 2.94. The molecule has 1 heterocycles. The highest BCUT2D eigenvalue weighted by Crippen LogP contribution is 2.65. The van der Waals surface area contributed by atoms with Crippen molar-refractivity contribution in [2.45, 2.75) is 70.9 Å². The molecule has 6 heteroatoms. The molecule has 4 aliphatic rings. The van der Waals surface area contributed by atoms with E-state index < -0.39 is 5.97 Å². The number of nitrogens with one attached hydrogen (secondary N) is 1. The van der Waals surface area contributed by atoms with Crippen molar-refractivity contribution in [3.05, 3.63) is 0 Å². The molecule has 2 N–H and O–H groups in total. The van der Waals surface area contributed by atoms with Crippen LogP contribution in [0.3, 0.4) is 0 Å². The third-order valence-corrected chi connectivity index (χ3v) is 8.69. The number of hydrogen-bond acceptors (Lipinski definition) is 4. The van der Waals surface area contributed by atoms with Gasteiger partial charge in [-0.3, -0.25) is 14.4 Å². The standard InChI is InChI=1S/C20H29NO5/c1-19-8-7-13-11(12(19)4-5-14(19)18(24)25)3-6-15-20(13,2)16(26-10-22)9-17(23)21-15/h10-16H,3-9H2,1-2H3,(H,21,23)(H,24,25). The Morgan fingerprint density at radius 2 is 1.96 bits per heavy atom. The summed E-state index contributed by atoms with van der Waals surface area (Å²) < 4.78 is 5.44. The van der Waals surface area contributed by atoms with Gasteiger partial charge in [0.15, 0.2) is 0 Å². The lowest BCUT2D eigenvalue weighted by Crippen LogP contribution is -2.66. The average molecular weight is 363 g/mol. The van der Waals surface area contributed by atoms with E-state index in [9.17, 15) is 19.5 Å². The molecular formula is C20H29NO5. The zero-order valence-electron chi connectivity index (χ0n) is 15.6. The molecule has 0 spiro atoms. The largest absolute Gasteiger partial charge is 0.481 e. The second kappa shape index (κ2) is 5.96. The highest BCUT2D eigenvalue weighted by Gasteiger charge is 2.64. The molecular weight excluding hydrogens is 334 g/mol. The Morgan fingerprint density at radius 3 is 2.65 bits per heavy atom. The molecule has 26 heavy (non-hydrogen) atoms. The Bertz CT molecular complexity index is 636. The minimum atomic E-state index is -0.652. The number of aliphatic carboxylic acids is 1. The lowest BCUT2D eigenvalue weighted by atomic mass is 9.46. The lowest BCUT2D eigenvalue weighted by molar-refractivity contribution is -0.178. The van der Waals surface area contributed by atoms with Gasteiger partial charge in [0.1, 0.15) is 6.10 Å². The van der Waals surface area contributed by atoms with Crippen molar-refractivity contribution in [2.24, 2.45) is 34.5 Å². The monoisotopic (exact) mass is 363 g/mol. The summed E-state index contributed by atoms with van der Waals surface area (Å²) >= 11 is 0. The van der Waals surface area contributed by atoms with Crippen molar-refractivity contribution in [3.8, 4) is 0 Å². The summed E-state index contributed by atoms with van der Waals surface area (Å²) in [4.78, 5) is 35.0. The summed E-state index contributed by atoms with van der Waals surface area (Å²) in [5.74, 6) is 0.289. The van der Waals surface area contributed by atoms with Gasteiger partial charge < -0.3 is 15.2 Å². The van der Waals surface area contributed by atoms with Gasteiger partial charge in [-0.05, 0) is 61.7 Å². The minimum Gasteiger partial charge on any atom is -0.481 e. The molecule has 6 nitrogen and oxygen atoms in total. The van der Waals surface area contributed by atoms with Crippen LogP contribution in [0.5, 0.6) is 0 Å². The molecule has 3 aliphatic carbocycles. The van der Waals surface area contributed by atoms with E-state index in [0.29, 0.717) is 24.2 Å². The number of ether oxygens (including phenoxy) is 1. The van der Waals surface area contributed by atoms with Gasteiger partial charge in [0.05, 0.1) is 12.3 Å². The molecule has 1 amide bonds. The van der Waals surface area contributed by atoms with Crippen LogP contribution in [0.4, 0.5) is 0 Å². The normalized spacial score (nSPS) is 50.0. The Hall–Kier alpha value is -1.59. The van der Waals surface area contributed by atoms with Crippen LogP contribution in [0, 0.1) is 34.5 Å². The summed E-state index contributed by atoms with van der Waals surface area (Å²) in [5.41, 5.74) is -0.393. The maximum absolute atomic E-state index is 12.1. The Kier molecular flexibility index (Phi) is 4.08. The van der Waals surface area contributed by atoms with Gasteiger partial charge in [-0.2, -0.15) is 0 Å². The second-order valence-electron chi connectivity index (χ2n) is 9.38. The summed E-state index contributed by atoms with van der Waals surface area (Å²) in [7, 11) is 0. The van der Waals surface area contributed by atoms with Crippen LogP contribution >= 0.6 is 0 Å². The van der Waals surface area contributed by atoms with E-state index in [1.807, 2.05) is 0 Å². The molecule has 0 aromatic heterocycles. The SMILES string of the molecule is CC12CCC3C(CCC4NC(=O)CC(OC=O)C43C)C1CCC2C(=O)O. The first kappa shape index (κ1) is 17.8. The summed E-state index contributed by atoms with van der Waals surface area (Å²) in [6.07, 6.45) is 5.34. The number of carbonyl (C=O) groups excluding carboxylic acids is 2. The second-order valence-corrected chi connectivity index (χ2v) is 9.38. The van der Waals surface area contributed by atoms with Gasteiger partial charge in [0.25, 0.3) is 6.47 Å². The van der Waals surface area contributed by atoms with E-state index in [0.717, 1.165) is 38.5 Å². The zero-order chi connectivity index (χ0) is 18.7. The Balaban J connectivity index is 1.67. The maximum Gasteiger partial charge on any atom is 0.307 e. The van der Waals surface area contributed by atoms with Gasteiger partial charge in [-0.1, -0.05) is 13.8 Å². The van der Waals surface area contributed by atoms with Crippen LogP contribution in [0.2, 0.25) is 0 Å². The minimum absolute atomic E-state index is 0.0368. The molecule has 0 radical (unpaired) electrons. The zero-order valence-corrected chi connectivity index (χ0v) is 15.6. The Morgan fingerprint density at radius 1 is 1.19 bits per heavy atom. The summed E-state index contributed by atoms with van der Waals surface area (Å²) in [6, 6.07) is 0.0379. The smallest absolute Gasteiger partial charge is 0.307 e. The van der Waals surface area contributed by atoms with E-state index >= 15 is 0 Å². The van der Waals surface area contributed by atoms with Crippen molar-refractivity contribution in [2.75, 3.05) is 0 Å². The van der Waals surface area contributed by atoms with Crippen LogP contribution < -0.4 is 5.32 Å². The summed E-state index contributed by atoms with van der Waals surface area (Å²) in [5, 5.41) is 12.8. The predicted molar refractivity (Wildman–Crippen MR) is 93.0 cm³/mol. The van der Waals surface area contributed by atoms with Crippen LogP contribution in [0.1, 0.15) is 58.8 Å². The van der Waals surface area contributed by atoms with Crippen molar-refractivity contribution in [3.63, 3.8) is 0 Å². The molecule has 1 aliphatic heterocycles. The van der Waals surface area contributed by atoms with E-state index in [2.05, 4.69) is 19.2 Å². The van der Waals surface area contributed by atoms with E-state index in [-0.39, 0.29) is 41.2 Å². The molecule has 1 saturated heterocycles. The third-order valence-electron chi connectivity index (χ3n) is 8.69. The van der Waals surface area contributed by atoms with Gasteiger partial charge in [-0.15, -0.1) is 0 Å². The fourth-order valence-corrected chi connectivity index (χ4v) is 7.39. The topological polar surface area (TPSA) is 92.7 Å². The van der Waals surface area contributed by atoms with Gasteiger partial charge in [-0.25, -0.2) is 0 Å². The molecule has 0 aromatic carbocycles. The van der Waals surface area contributed by atoms with Gasteiger partial charge >= 0.3 is 5.97 Å². The molecule has 0 bridgehead atoms. The predicted octanol–water partition coefficient (Wildman–Crippen LogP) is 2.36. The molecule has 8 atom stereocenters. The number of amides is 1. The first-order chi connectivity index (χ1) is 12.3. The van der Waals surface area contributed by atoms with E-state index in [4.69, 9.17) is 4.74 Å². The molecule has 144 valence electrons. The molecule has 8 unspecified atom stereocenters. The Labute approximate surface area is 154 Å². The first-order valence-electron chi connectivity index (χ1n) is 9.93. The number of hydrogen-bond donors (Lipinski definition) is 2. The fraction of sp³-hybridized carbons (Fsp3) is 0.850. The van der Waals surface area contributed by atoms with Gasteiger partial charge in [0, 0.05) is 11.5 Å². The quantitative estimate of drug-likeness (QED) is 0.751. The van der Waals surface area contributed by atoms with Crippen LogP contribution in [-0.2, 0) is 19.1 Å². The number of carbonyl (C=O) groups is 3. The van der Waals surface area contributed by atoms with Crippen molar-refractivity contribution < 1.29 is 24.2 Å². The number of carboxylic acids is 1. The molecule has 0 aromatic rings. The molecule has 4 rings (SSSR count). The number of fused-ring (bicyclic) bond motifs is 5. The first-order valence-corrected chi connectivity index (χ1v) is 9.93. The molecule has 4 fully saturated rings. The fourth-order valence-electron chi connectivity index (χ4n) is 7.39. The highest BCUT2D eigenvalue weighted by atomic mass is 16.5. The van der Waals surface area contributed by atoms with Crippen LogP contribution in [-0.4, -0.2) is 35.6 Å². The third kappa shape index (κ3) is 2.26. The van der Waals surface area contributed by atoms with Crippen LogP contribution in [0.15, 0.2) is 0 Å². The number of piperidine rings is 1. The summed E-state index contributed by atoms with van der Waals surface area (Å²) in [6.45, 7) is 4.84. The lowest BCUT2D eigenvalue weighted by Gasteiger charge is -2.61. The van der Waals surface area contributed by atoms with Crippen molar-refractivity contribution in [1.29, 1.82) is 0 Å².